The average Bonchev–Trinajstić information content (AvgIpc) is 2.35. The van der Waals surface area contributed by atoms with Crippen molar-refractivity contribution in [2.45, 2.75) is 27.7 Å². The molecule has 0 aliphatic carbocycles. The van der Waals surface area contributed by atoms with Crippen molar-refractivity contribution in [2.75, 3.05) is 10.6 Å². The zero-order chi connectivity index (χ0) is 14.7. The molecule has 0 aliphatic heterocycles. The Labute approximate surface area is 119 Å². The van der Waals surface area contributed by atoms with Crippen molar-refractivity contribution < 1.29 is 4.79 Å². The second-order valence-corrected chi connectivity index (χ2v) is 5.01. The number of nitrogens with zero attached hydrogens (tertiary/aromatic N) is 1. The van der Waals surface area contributed by atoms with E-state index in [0.717, 1.165) is 11.4 Å². The minimum Gasteiger partial charge on any atom is -0.354 e. The predicted octanol–water partition coefficient (Wildman–Crippen LogP) is 3.71. The third-order valence-electron chi connectivity index (χ3n) is 3.01. The zero-order valence-electron chi connectivity index (χ0n) is 12.2. The SMILES string of the molecule is CC(=O)Nc1ccc(Nc2c(C)cc(C)cc2C)cn1. The second kappa shape index (κ2) is 5.74. The lowest BCUT2D eigenvalue weighted by Crippen LogP contribution is -2.07. The summed E-state index contributed by atoms with van der Waals surface area (Å²) in [4.78, 5) is 15.1. The first-order valence-corrected chi connectivity index (χ1v) is 6.54. The number of nitrogens with one attached hydrogen (secondary N) is 2. The number of hydrogen-bond donors (Lipinski definition) is 2. The molecular formula is C16H19N3O. The maximum Gasteiger partial charge on any atom is 0.222 e. The van der Waals surface area contributed by atoms with Crippen LogP contribution in [-0.4, -0.2) is 10.9 Å². The predicted molar refractivity (Wildman–Crippen MR) is 82.5 cm³/mol. The molecule has 1 heterocycles. The number of amides is 1. The van der Waals surface area contributed by atoms with Crippen LogP contribution in [0.2, 0.25) is 0 Å². The molecule has 2 rings (SSSR count). The molecule has 0 unspecified atom stereocenters. The van der Waals surface area contributed by atoms with Gasteiger partial charge in [0.2, 0.25) is 5.91 Å². The van der Waals surface area contributed by atoms with Gasteiger partial charge in [0, 0.05) is 12.6 Å². The Hall–Kier alpha value is -2.36. The highest BCUT2D eigenvalue weighted by atomic mass is 16.1. The van der Waals surface area contributed by atoms with Crippen molar-refractivity contribution in [3.8, 4) is 0 Å². The quantitative estimate of drug-likeness (QED) is 0.893. The highest BCUT2D eigenvalue weighted by Crippen LogP contribution is 2.25. The van der Waals surface area contributed by atoms with Gasteiger partial charge in [0.05, 0.1) is 11.9 Å². The van der Waals surface area contributed by atoms with E-state index >= 15 is 0 Å². The van der Waals surface area contributed by atoms with Crippen LogP contribution in [0, 0.1) is 20.8 Å². The Kier molecular flexibility index (Phi) is 4.03. The van der Waals surface area contributed by atoms with Crippen LogP contribution in [0.4, 0.5) is 17.2 Å². The van der Waals surface area contributed by atoms with Crippen molar-refractivity contribution in [3.05, 3.63) is 47.2 Å². The van der Waals surface area contributed by atoms with E-state index in [9.17, 15) is 4.79 Å². The first kappa shape index (κ1) is 14.1. The van der Waals surface area contributed by atoms with Gasteiger partial charge in [-0.25, -0.2) is 4.98 Å². The number of carbonyl (C=O) groups excluding carboxylic acids is 1. The van der Waals surface area contributed by atoms with Crippen molar-refractivity contribution >= 4 is 23.1 Å². The summed E-state index contributed by atoms with van der Waals surface area (Å²) in [6, 6.07) is 7.97. The number of rotatable bonds is 3. The van der Waals surface area contributed by atoms with Crippen LogP contribution in [0.1, 0.15) is 23.6 Å². The Morgan fingerprint density at radius 1 is 1.10 bits per heavy atom. The molecule has 0 atom stereocenters. The highest BCUT2D eigenvalue weighted by molar-refractivity contribution is 5.87. The maximum atomic E-state index is 10.9. The molecule has 20 heavy (non-hydrogen) atoms. The summed E-state index contributed by atoms with van der Waals surface area (Å²) in [5, 5.41) is 6.02. The largest absolute Gasteiger partial charge is 0.354 e. The lowest BCUT2D eigenvalue weighted by molar-refractivity contribution is -0.114. The monoisotopic (exact) mass is 269 g/mol. The Bertz CT molecular complexity index is 610. The number of aromatic nitrogens is 1. The average molecular weight is 269 g/mol. The second-order valence-electron chi connectivity index (χ2n) is 5.01. The summed E-state index contributed by atoms with van der Waals surface area (Å²) in [7, 11) is 0. The molecule has 4 nitrogen and oxygen atoms in total. The van der Waals surface area contributed by atoms with Crippen LogP contribution in [0.15, 0.2) is 30.5 Å². The van der Waals surface area contributed by atoms with E-state index in [1.807, 2.05) is 6.07 Å². The van der Waals surface area contributed by atoms with Crippen LogP contribution in [-0.2, 0) is 4.79 Å². The number of pyridine rings is 1. The van der Waals surface area contributed by atoms with Crippen LogP contribution in [0.3, 0.4) is 0 Å². The van der Waals surface area contributed by atoms with Gasteiger partial charge in [0.25, 0.3) is 0 Å². The lowest BCUT2D eigenvalue weighted by Gasteiger charge is -2.14. The first-order chi connectivity index (χ1) is 9.45. The molecule has 0 fully saturated rings. The normalized spacial score (nSPS) is 10.2. The molecule has 0 aliphatic rings. The van der Waals surface area contributed by atoms with Crippen molar-refractivity contribution in [1.82, 2.24) is 4.98 Å². The molecule has 0 radical (unpaired) electrons. The van der Waals surface area contributed by atoms with E-state index in [4.69, 9.17) is 0 Å². The fourth-order valence-corrected chi connectivity index (χ4v) is 2.24. The Morgan fingerprint density at radius 2 is 1.75 bits per heavy atom. The summed E-state index contributed by atoms with van der Waals surface area (Å²) >= 11 is 0. The molecule has 1 amide bonds. The molecule has 4 heteroatoms. The van der Waals surface area contributed by atoms with E-state index in [1.54, 1.807) is 12.3 Å². The summed E-state index contributed by atoms with van der Waals surface area (Å²) in [6.07, 6.45) is 1.71. The summed E-state index contributed by atoms with van der Waals surface area (Å²) in [5.41, 5.74) is 5.66. The van der Waals surface area contributed by atoms with Crippen molar-refractivity contribution in [2.24, 2.45) is 0 Å². The molecule has 1 aromatic carbocycles. The summed E-state index contributed by atoms with van der Waals surface area (Å²) in [5.74, 6) is 0.434. The molecule has 0 bridgehead atoms. The Morgan fingerprint density at radius 3 is 2.25 bits per heavy atom. The minimum atomic E-state index is -0.122. The first-order valence-electron chi connectivity index (χ1n) is 6.54. The molecule has 104 valence electrons. The molecule has 2 aromatic rings. The van der Waals surface area contributed by atoms with Gasteiger partial charge in [-0.15, -0.1) is 0 Å². The number of aryl methyl sites for hydroxylation is 3. The van der Waals surface area contributed by atoms with E-state index in [1.165, 1.54) is 23.6 Å². The maximum absolute atomic E-state index is 10.9. The number of benzene rings is 1. The van der Waals surface area contributed by atoms with Crippen molar-refractivity contribution in [3.63, 3.8) is 0 Å². The summed E-state index contributed by atoms with van der Waals surface area (Å²) < 4.78 is 0. The third-order valence-corrected chi connectivity index (χ3v) is 3.01. The van der Waals surface area contributed by atoms with Crippen LogP contribution >= 0.6 is 0 Å². The molecule has 0 saturated carbocycles. The van der Waals surface area contributed by atoms with Crippen LogP contribution in [0.25, 0.3) is 0 Å². The standard InChI is InChI=1S/C16H19N3O/c1-10-7-11(2)16(12(3)8-10)19-14-5-6-15(17-9-14)18-13(4)20/h5-9,19H,1-4H3,(H,17,18,20). The van der Waals surface area contributed by atoms with E-state index in [-0.39, 0.29) is 5.91 Å². The zero-order valence-corrected chi connectivity index (χ0v) is 12.2. The summed E-state index contributed by atoms with van der Waals surface area (Å²) in [6.45, 7) is 7.73. The van der Waals surface area contributed by atoms with Gasteiger partial charge < -0.3 is 10.6 Å². The molecule has 0 saturated heterocycles. The van der Waals surface area contributed by atoms with E-state index in [0.29, 0.717) is 5.82 Å². The van der Waals surface area contributed by atoms with E-state index in [2.05, 4.69) is 48.5 Å². The fourth-order valence-electron chi connectivity index (χ4n) is 2.24. The smallest absolute Gasteiger partial charge is 0.222 e. The van der Waals surface area contributed by atoms with Crippen LogP contribution in [0.5, 0.6) is 0 Å². The Balaban J connectivity index is 2.20. The number of hydrogen-bond acceptors (Lipinski definition) is 3. The van der Waals surface area contributed by atoms with Gasteiger partial charge in [-0.2, -0.15) is 0 Å². The minimum absolute atomic E-state index is 0.122. The molecular weight excluding hydrogens is 250 g/mol. The van der Waals surface area contributed by atoms with Gasteiger partial charge in [0.15, 0.2) is 0 Å². The lowest BCUT2D eigenvalue weighted by atomic mass is 10.0. The third kappa shape index (κ3) is 3.35. The van der Waals surface area contributed by atoms with E-state index < -0.39 is 0 Å². The topological polar surface area (TPSA) is 54.0 Å². The van der Waals surface area contributed by atoms with Crippen LogP contribution < -0.4 is 10.6 Å². The fraction of sp³-hybridized carbons (Fsp3) is 0.250. The van der Waals surface area contributed by atoms with Gasteiger partial charge >= 0.3 is 0 Å². The van der Waals surface area contributed by atoms with Gasteiger partial charge in [-0.05, 0) is 44.0 Å². The number of carbonyl (C=O) groups is 1. The van der Waals surface area contributed by atoms with Crippen molar-refractivity contribution in [1.29, 1.82) is 0 Å². The molecule has 2 N–H and O–H groups in total. The van der Waals surface area contributed by atoms with Gasteiger partial charge in [-0.3, -0.25) is 4.79 Å². The number of anilines is 3. The highest BCUT2D eigenvalue weighted by Gasteiger charge is 2.05. The molecule has 0 spiro atoms. The van der Waals surface area contributed by atoms with Gasteiger partial charge in [0.1, 0.15) is 5.82 Å². The molecule has 1 aromatic heterocycles. The van der Waals surface area contributed by atoms with Gasteiger partial charge in [-0.1, -0.05) is 17.7 Å².